The number of hydrogen-bond acceptors (Lipinski definition) is 10. The van der Waals surface area contributed by atoms with Crippen molar-refractivity contribution in [2.45, 2.75) is 62.2 Å². The molecule has 258 valence electrons. The zero-order chi connectivity index (χ0) is 34.7. The molecule has 2 aliphatic heterocycles. The van der Waals surface area contributed by atoms with Crippen LogP contribution in [0.4, 0.5) is 18.9 Å². The van der Waals surface area contributed by atoms with E-state index in [-0.39, 0.29) is 37.7 Å². The maximum Gasteiger partial charge on any atom is 0.471 e. The number of carbonyl (C=O) groups is 2. The summed E-state index contributed by atoms with van der Waals surface area (Å²) in [5.41, 5.74) is 3.13. The van der Waals surface area contributed by atoms with E-state index in [1.165, 1.54) is 23.9 Å². The van der Waals surface area contributed by atoms with Gasteiger partial charge in [-0.15, -0.1) is 5.10 Å². The number of carbonyl (C=O) groups excluding carboxylic acids is 2. The number of hydrogen-bond donors (Lipinski definition) is 3. The summed E-state index contributed by atoms with van der Waals surface area (Å²) in [7, 11) is 0. The van der Waals surface area contributed by atoms with Gasteiger partial charge in [-0.25, -0.2) is 0 Å². The van der Waals surface area contributed by atoms with E-state index in [0.717, 1.165) is 11.1 Å². The Labute approximate surface area is 283 Å². The molecule has 5 atom stereocenters. The number of aliphatic hydroxyl groups excluding tert-OH is 1. The summed E-state index contributed by atoms with van der Waals surface area (Å²) < 4.78 is 54.0. The zero-order valence-corrected chi connectivity index (χ0v) is 27.0. The van der Waals surface area contributed by atoms with Gasteiger partial charge < -0.3 is 29.9 Å². The molecule has 5 unspecified atom stereocenters. The van der Waals surface area contributed by atoms with E-state index in [1.807, 2.05) is 31.2 Å². The first kappa shape index (κ1) is 34.4. The van der Waals surface area contributed by atoms with E-state index >= 15 is 0 Å². The summed E-state index contributed by atoms with van der Waals surface area (Å²) in [5, 5.41) is 34.5. The van der Waals surface area contributed by atoms with Crippen LogP contribution in [0.5, 0.6) is 5.75 Å². The lowest BCUT2D eigenvalue weighted by Gasteiger charge is -2.41. The third kappa shape index (κ3) is 7.72. The molecular formula is C33H33F3N6O6S. The molecule has 16 heteroatoms. The summed E-state index contributed by atoms with van der Waals surface area (Å²) >= 11 is 1.37. The average Bonchev–Trinajstić information content (AvgIpc) is 3.78. The number of nitrogens with one attached hydrogen (secondary N) is 1. The van der Waals surface area contributed by atoms with Crippen LogP contribution in [0.15, 0.2) is 78.0 Å². The van der Waals surface area contributed by atoms with E-state index in [2.05, 4.69) is 20.8 Å². The SMILES string of the molecule is CC1C(CSc2nnnn2-c2ccc(O)cc2)OC(c2cccc(NC(=O)C3CCCN3C(=O)C(F)(F)F)c2)OC1c1ccc(CO)cc1. The number of aliphatic hydroxyl groups is 1. The molecule has 1 aromatic heterocycles. The molecule has 2 amide bonds. The van der Waals surface area contributed by atoms with Gasteiger partial charge in [-0.1, -0.05) is 55.1 Å². The molecule has 0 spiro atoms. The van der Waals surface area contributed by atoms with Crippen LogP contribution < -0.4 is 5.32 Å². The van der Waals surface area contributed by atoms with E-state index in [1.54, 1.807) is 41.1 Å². The van der Waals surface area contributed by atoms with Crippen molar-refractivity contribution in [1.82, 2.24) is 25.1 Å². The molecule has 3 N–H and O–H groups in total. The number of benzene rings is 3. The summed E-state index contributed by atoms with van der Waals surface area (Å²) in [6.45, 7) is 1.74. The second-order valence-corrected chi connectivity index (χ2v) is 12.8. The molecule has 2 fully saturated rings. The third-order valence-corrected chi connectivity index (χ3v) is 9.53. The third-order valence-electron chi connectivity index (χ3n) is 8.52. The number of likely N-dealkylation sites (tertiary alicyclic amines) is 1. The number of anilines is 1. The van der Waals surface area contributed by atoms with Crippen LogP contribution in [0.25, 0.3) is 5.69 Å². The van der Waals surface area contributed by atoms with Crippen LogP contribution in [-0.2, 0) is 25.7 Å². The molecule has 0 saturated carbocycles. The van der Waals surface area contributed by atoms with Crippen LogP contribution in [0, 0.1) is 5.92 Å². The smallest absolute Gasteiger partial charge is 0.471 e. The number of aromatic nitrogens is 4. The van der Waals surface area contributed by atoms with Crippen LogP contribution >= 0.6 is 11.8 Å². The number of alkyl halides is 3. The molecule has 0 radical (unpaired) electrons. The first-order valence-electron chi connectivity index (χ1n) is 15.5. The number of halogens is 3. The van der Waals surface area contributed by atoms with Crippen molar-refractivity contribution in [3.05, 3.63) is 89.5 Å². The topological polar surface area (TPSA) is 152 Å². The Morgan fingerprint density at radius 3 is 2.51 bits per heavy atom. The molecule has 3 aromatic carbocycles. The van der Waals surface area contributed by atoms with E-state index in [4.69, 9.17) is 9.47 Å². The maximum atomic E-state index is 13.1. The van der Waals surface area contributed by atoms with Gasteiger partial charge in [-0.05, 0) is 70.8 Å². The Balaban J connectivity index is 1.22. The van der Waals surface area contributed by atoms with Gasteiger partial charge in [0.25, 0.3) is 0 Å². The highest BCUT2D eigenvalue weighted by molar-refractivity contribution is 7.99. The standard InChI is InChI=1S/C33H33F3N6O6S/c1-19-27(18-49-32-38-39-40-42(32)24-11-13-25(44)14-12-24)47-30(48-28(19)21-9-7-20(17-43)8-10-21)22-4-2-5-23(16-22)37-29(45)26-6-3-15-41(26)31(46)33(34,35)36/h2,4-5,7-14,16,19,26-28,30,43-44H,3,6,15,17-18H2,1H3,(H,37,45). The second-order valence-electron chi connectivity index (χ2n) is 11.8. The van der Waals surface area contributed by atoms with Crippen LogP contribution in [0.1, 0.15) is 48.8 Å². The number of phenolic OH excluding ortho intramolecular Hbond substituents is 1. The quantitative estimate of drug-likeness (QED) is 0.205. The minimum Gasteiger partial charge on any atom is -0.508 e. The summed E-state index contributed by atoms with van der Waals surface area (Å²) in [4.78, 5) is 25.6. The number of aromatic hydroxyl groups is 1. The normalized spacial score (nSPS) is 22.6. The van der Waals surface area contributed by atoms with Crippen LogP contribution in [0.2, 0.25) is 0 Å². The highest BCUT2D eigenvalue weighted by atomic mass is 32.2. The molecule has 0 aliphatic carbocycles. The van der Waals surface area contributed by atoms with Crippen molar-refractivity contribution in [2.24, 2.45) is 5.92 Å². The number of phenols is 1. The highest BCUT2D eigenvalue weighted by Crippen LogP contribution is 2.43. The molecule has 2 aliphatic rings. The average molecular weight is 699 g/mol. The summed E-state index contributed by atoms with van der Waals surface area (Å²) in [6.07, 6.45) is -6.41. The maximum absolute atomic E-state index is 13.1. The molecular weight excluding hydrogens is 665 g/mol. The van der Waals surface area contributed by atoms with Gasteiger partial charge in [0.2, 0.25) is 11.1 Å². The van der Waals surface area contributed by atoms with Crippen molar-refractivity contribution in [1.29, 1.82) is 0 Å². The van der Waals surface area contributed by atoms with Crippen molar-refractivity contribution < 1.29 is 42.4 Å². The fourth-order valence-corrected chi connectivity index (χ4v) is 6.98. The van der Waals surface area contributed by atoms with Gasteiger partial charge in [0, 0.05) is 29.5 Å². The minimum atomic E-state index is -5.07. The number of amides is 2. The second kappa shape index (κ2) is 14.5. The lowest BCUT2D eigenvalue weighted by Crippen LogP contribution is -2.48. The van der Waals surface area contributed by atoms with Crippen LogP contribution in [-0.4, -0.2) is 77.8 Å². The van der Waals surface area contributed by atoms with Gasteiger partial charge in [0.05, 0.1) is 24.5 Å². The Bertz CT molecular complexity index is 1770. The lowest BCUT2D eigenvalue weighted by molar-refractivity contribution is -0.268. The molecule has 0 bridgehead atoms. The molecule has 3 heterocycles. The number of thioether (sulfide) groups is 1. The van der Waals surface area contributed by atoms with Crippen molar-refractivity contribution in [2.75, 3.05) is 17.6 Å². The highest BCUT2D eigenvalue weighted by Gasteiger charge is 2.47. The summed E-state index contributed by atoms with van der Waals surface area (Å²) in [5.74, 6) is -2.37. The predicted octanol–water partition coefficient (Wildman–Crippen LogP) is 4.94. The number of rotatable bonds is 9. The first-order chi connectivity index (χ1) is 23.5. The van der Waals surface area contributed by atoms with Crippen molar-refractivity contribution >= 4 is 29.3 Å². The number of nitrogens with zero attached hydrogens (tertiary/aromatic N) is 5. The van der Waals surface area contributed by atoms with Crippen molar-refractivity contribution in [3.8, 4) is 11.4 Å². The van der Waals surface area contributed by atoms with Gasteiger partial charge >= 0.3 is 12.1 Å². The predicted molar refractivity (Wildman–Crippen MR) is 170 cm³/mol. The van der Waals surface area contributed by atoms with Crippen LogP contribution in [0.3, 0.4) is 0 Å². The molecule has 49 heavy (non-hydrogen) atoms. The van der Waals surface area contributed by atoms with Gasteiger partial charge in [-0.2, -0.15) is 17.9 Å². The lowest BCUT2D eigenvalue weighted by atomic mass is 9.91. The zero-order valence-electron chi connectivity index (χ0n) is 26.2. The number of tetrazole rings is 1. The molecule has 6 rings (SSSR count). The Kier molecular flexibility index (Phi) is 10.2. The summed E-state index contributed by atoms with van der Waals surface area (Å²) in [6, 6.07) is 19.3. The molecule has 4 aromatic rings. The Morgan fingerprint density at radius 2 is 1.80 bits per heavy atom. The van der Waals surface area contributed by atoms with E-state index < -0.39 is 42.5 Å². The molecule has 2 saturated heterocycles. The fraction of sp³-hybridized carbons (Fsp3) is 0.364. The van der Waals surface area contributed by atoms with Crippen molar-refractivity contribution in [3.63, 3.8) is 0 Å². The number of ether oxygens (including phenoxy) is 2. The van der Waals surface area contributed by atoms with Gasteiger partial charge in [0.1, 0.15) is 11.8 Å². The first-order valence-corrected chi connectivity index (χ1v) is 16.5. The monoisotopic (exact) mass is 698 g/mol. The van der Waals surface area contributed by atoms with Gasteiger partial charge in [-0.3, -0.25) is 9.59 Å². The Hall–Kier alpha value is -4.51. The van der Waals surface area contributed by atoms with E-state index in [9.17, 15) is 33.0 Å². The molecule has 12 nitrogen and oxygen atoms in total. The van der Waals surface area contributed by atoms with Gasteiger partial charge in [0.15, 0.2) is 6.29 Å². The Morgan fingerprint density at radius 1 is 1.04 bits per heavy atom. The largest absolute Gasteiger partial charge is 0.508 e. The fourth-order valence-electron chi connectivity index (χ4n) is 5.93. The van der Waals surface area contributed by atoms with E-state index in [0.29, 0.717) is 32.7 Å². The minimum absolute atomic E-state index is 0.108.